The molecule has 10 heavy (non-hydrogen) atoms. The van der Waals surface area contributed by atoms with Gasteiger partial charge in [-0.25, -0.2) is 0 Å². The summed E-state index contributed by atoms with van der Waals surface area (Å²) < 4.78 is 64.8. The maximum atomic E-state index is 11.0. The molecule has 0 saturated carbocycles. The van der Waals surface area contributed by atoms with E-state index in [1.807, 2.05) is 0 Å². The van der Waals surface area contributed by atoms with Gasteiger partial charge in [0.1, 0.15) is 0 Å². The molecular formula is C3ArF6. The summed E-state index contributed by atoms with van der Waals surface area (Å²) in [7, 11) is 0. The van der Waals surface area contributed by atoms with E-state index in [0.29, 0.717) is 0 Å². The smallest absolute Gasteiger partial charge is 0.196 e. The van der Waals surface area contributed by atoms with Crippen molar-refractivity contribution < 1.29 is 64.1 Å². The summed E-state index contributed by atoms with van der Waals surface area (Å²) >= 11 is 0. The van der Waals surface area contributed by atoms with Crippen LogP contribution in [0.4, 0.5) is 26.3 Å². The molecule has 0 aromatic carbocycles. The van der Waals surface area contributed by atoms with Crippen molar-refractivity contribution in [3.63, 3.8) is 0 Å². The molecule has 0 nitrogen and oxygen atoms in total. The maximum absolute atomic E-state index is 11.0. The van der Waals surface area contributed by atoms with Gasteiger partial charge in [0.2, 0.25) is 0 Å². The van der Waals surface area contributed by atoms with Crippen molar-refractivity contribution in [3.8, 4) is 0 Å². The number of hydrogen-bond donors (Lipinski definition) is 0. The van der Waals surface area contributed by atoms with Crippen LogP contribution < -0.4 is 0 Å². The zero-order chi connectivity index (χ0) is 7.65. The van der Waals surface area contributed by atoms with Crippen LogP contribution in [0.5, 0.6) is 0 Å². The second kappa shape index (κ2) is 4.46. The standard InChI is InChI=1S/C3F6.Ar/c4-1(2(5)6)3(7,8)9;. The van der Waals surface area contributed by atoms with E-state index in [2.05, 4.69) is 0 Å². The topological polar surface area (TPSA) is 0 Å². The summed E-state index contributed by atoms with van der Waals surface area (Å²) in [6.45, 7) is 0. The summed E-state index contributed by atoms with van der Waals surface area (Å²) in [4.78, 5) is 0. The van der Waals surface area contributed by atoms with Gasteiger partial charge >= 0.3 is 12.3 Å². The average Bonchev–Trinajstić information content (AvgIpc) is 1.62. The maximum Gasteiger partial charge on any atom is 0.448 e. The fourth-order valence-corrected chi connectivity index (χ4v) is 0.107. The number of halogens is 6. The molecule has 0 radical (unpaired) electrons. The third-order valence-corrected chi connectivity index (χ3v) is 0.415. The molecule has 0 fully saturated rings. The fraction of sp³-hybridized carbons (Fsp3) is 0.333. The van der Waals surface area contributed by atoms with Crippen LogP contribution in [0.25, 0.3) is 0 Å². The minimum Gasteiger partial charge on any atom is -0.196 e. The minimum atomic E-state index is -5.56. The quantitative estimate of drug-likeness (QED) is 0.515. The zero-order valence-corrected chi connectivity index (χ0v) is 4.83. The molecule has 0 aromatic rings. The first-order chi connectivity index (χ1) is 3.85. The molecule has 0 aliphatic carbocycles. The molecule has 0 bridgehead atoms. The van der Waals surface area contributed by atoms with Gasteiger partial charge in [-0.05, 0) is 0 Å². The van der Waals surface area contributed by atoms with E-state index >= 15 is 0 Å². The van der Waals surface area contributed by atoms with E-state index in [1.165, 1.54) is 0 Å². The van der Waals surface area contributed by atoms with Crippen molar-refractivity contribution in [2.24, 2.45) is 0 Å². The molecule has 0 spiro atoms. The SMILES string of the molecule is FC(F)=C(F)C(F)(F)F.[Ar]. The Labute approximate surface area is 81.9 Å². The first-order valence-electron chi connectivity index (χ1n) is 1.63. The predicted molar refractivity (Wildman–Crippen MR) is 16.4 cm³/mol. The first-order valence-corrected chi connectivity index (χ1v) is 1.63. The van der Waals surface area contributed by atoms with Crippen LogP contribution in [0.15, 0.2) is 11.9 Å². The summed E-state index contributed by atoms with van der Waals surface area (Å²) in [5.74, 6) is -3.33. The second-order valence-corrected chi connectivity index (χ2v) is 1.07. The molecule has 0 N–H and O–H groups in total. The van der Waals surface area contributed by atoms with E-state index in [-0.39, 0.29) is 37.7 Å². The Morgan fingerprint density at radius 3 is 1.20 bits per heavy atom. The number of hydrogen-bond acceptors (Lipinski definition) is 0. The van der Waals surface area contributed by atoms with Gasteiger partial charge in [0.05, 0.1) is 0 Å². The van der Waals surface area contributed by atoms with Crippen LogP contribution in [0.1, 0.15) is 0 Å². The normalized spacial score (nSPS) is 10.2. The summed E-state index contributed by atoms with van der Waals surface area (Å²) in [5.41, 5.74) is 0. The first kappa shape index (κ1) is 13.2. The van der Waals surface area contributed by atoms with Gasteiger partial charge in [0, 0.05) is 37.7 Å². The number of alkyl halides is 3. The molecule has 7 heteroatoms. The van der Waals surface area contributed by atoms with Crippen molar-refractivity contribution in [1.82, 2.24) is 0 Å². The second-order valence-electron chi connectivity index (χ2n) is 1.07. The predicted octanol–water partition coefficient (Wildman–Crippen LogP) is 2.63. The van der Waals surface area contributed by atoms with Crippen LogP contribution >= 0.6 is 0 Å². The van der Waals surface area contributed by atoms with Crippen LogP contribution in [0, 0.1) is 37.7 Å². The van der Waals surface area contributed by atoms with Crippen molar-refractivity contribution in [1.29, 1.82) is 0 Å². The Balaban J connectivity index is 0. The van der Waals surface area contributed by atoms with Crippen LogP contribution in [-0.4, -0.2) is 6.18 Å². The van der Waals surface area contributed by atoms with E-state index < -0.39 is 18.1 Å². The molecule has 0 aliphatic rings. The van der Waals surface area contributed by atoms with Crippen LogP contribution in [-0.2, 0) is 0 Å². The number of allylic oxidation sites excluding steroid dienone is 1. The summed E-state index contributed by atoms with van der Waals surface area (Å²) in [6.07, 6.45) is -8.90. The van der Waals surface area contributed by atoms with Gasteiger partial charge in [-0.1, -0.05) is 0 Å². The molecule has 0 saturated heterocycles. The van der Waals surface area contributed by atoms with Gasteiger partial charge in [-0.2, -0.15) is 26.3 Å². The van der Waals surface area contributed by atoms with Crippen LogP contribution in [0.2, 0.25) is 0 Å². The third-order valence-electron chi connectivity index (χ3n) is 0.415. The number of rotatable bonds is 0. The minimum absolute atomic E-state index is 0. The Kier molecular flexibility index (Phi) is 5.88. The largest absolute Gasteiger partial charge is 0.448 e. The molecule has 0 heterocycles. The molecule has 0 amide bonds. The Bertz CT molecular complexity index is 130. The Morgan fingerprint density at radius 2 is 1.20 bits per heavy atom. The molecule has 0 aliphatic heterocycles. The van der Waals surface area contributed by atoms with Crippen molar-refractivity contribution >= 4 is 0 Å². The van der Waals surface area contributed by atoms with Crippen molar-refractivity contribution in [2.75, 3.05) is 0 Å². The summed E-state index contributed by atoms with van der Waals surface area (Å²) in [6, 6.07) is 0. The monoisotopic (exact) mass is 190 g/mol. The van der Waals surface area contributed by atoms with Gasteiger partial charge in [0.25, 0.3) is 5.83 Å². The van der Waals surface area contributed by atoms with E-state index in [0.717, 1.165) is 0 Å². The molecule has 0 aromatic heterocycles. The van der Waals surface area contributed by atoms with Gasteiger partial charge < -0.3 is 0 Å². The molecule has 0 rings (SSSR count). The van der Waals surface area contributed by atoms with Crippen molar-refractivity contribution in [2.45, 2.75) is 6.18 Å². The molecular weight excluding hydrogens is 190 g/mol. The fourth-order valence-electron chi connectivity index (χ4n) is 0.107. The summed E-state index contributed by atoms with van der Waals surface area (Å²) in [5, 5.41) is 0. The molecule has 62 valence electrons. The Hall–Kier alpha value is 0.580. The third kappa shape index (κ3) is 4.40. The Morgan fingerprint density at radius 1 is 0.900 bits per heavy atom. The van der Waals surface area contributed by atoms with E-state index in [4.69, 9.17) is 0 Å². The average molecular weight is 190 g/mol. The molecule has 0 atom stereocenters. The van der Waals surface area contributed by atoms with Crippen molar-refractivity contribution in [3.05, 3.63) is 11.9 Å². The zero-order valence-electron chi connectivity index (χ0n) is 4.12. The van der Waals surface area contributed by atoms with Gasteiger partial charge in [0.15, 0.2) is 0 Å². The molecule has 0 unspecified atom stereocenters. The van der Waals surface area contributed by atoms with E-state index in [1.54, 1.807) is 0 Å². The van der Waals surface area contributed by atoms with E-state index in [9.17, 15) is 26.3 Å². The van der Waals surface area contributed by atoms with Gasteiger partial charge in [-0.3, -0.25) is 0 Å². The van der Waals surface area contributed by atoms with Crippen LogP contribution in [0.3, 0.4) is 0 Å². The van der Waals surface area contributed by atoms with Gasteiger partial charge in [-0.15, -0.1) is 0 Å².